The fourth-order valence-electron chi connectivity index (χ4n) is 3.07. The Balaban J connectivity index is 2.04. The number of terminal acetylenes is 1. The van der Waals surface area contributed by atoms with E-state index in [1.165, 1.54) is 15.6 Å². The van der Waals surface area contributed by atoms with Crippen LogP contribution in [-0.2, 0) is 21.4 Å². The molecule has 0 spiro atoms. The van der Waals surface area contributed by atoms with Crippen molar-refractivity contribution in [2.45, 2.75) is 19.4 Å². The second-order valence-electron chi connectivity index (χ2n) is 6.29. The molecule has 0 aliphatic carbocycles. The molecule has 6 nitrogen and oxygen atoms in total. The molecule has 1 aromatic carbocycles. The smallest absolute Gasteiger partial charge is 0.252 e. The molecule has 2 heterocycles. The van der Waals surface area contributed by atoms with E-state index in [2.05, 4.69) is 10.9 Å². The number of sulfonamides is 1. The molecule has 0 bridgehead atoms. The normalized spacial score (nSPS) is 19.3. The minimum Gasteiger partial charge on any atom is -0.303 e. The van der Waals surface area contributed by atoms with Crippen LogP contribution >= 0.6 is 34.5 Å². The minimum absolute atomic E-state index is 0.142. The lowest BCUT2D eigenvalue weighted by atomic mass is 9.99. The first-order valence-corrected chi connectivity index (χ1v) is 11.6. The molecule has 27 heavy (non-hydrogen) atoms. The van der Waals surface area contributed by atoms with Gasteiger partial charge in [-0.15, -0.1) is 6.42 Å². The van der Waals surface area contributed by atoms with Gasteiger partial charge in [0.2, 0.25) is 10.0 Å². The van der Waals surface area contributed by atoms with Gasteiger partial charge in [-0.25, -0.2) is 12.7 Å². The standard InChI is InChI=1S/C17H17Cl2N3O3S2/c1-3-8-22-14-12(18)6-7-13(19)15(14)26-17(22)20-16(23)11-5-4-9-21(10-11)27(2,24)25/h1,6-7,11H,4-5,8-10H2,2H3. The lowest BCUT2D eigenvalue weighted by Gasteiger charge is -2.28. The number of hydrogen-bond donors (Lipinski definition) is 0. The highest BCUT2D eigenvalue weighted by Crippen LogP contribution is 2.32. The molecule has 0 N–H and O–H groups in total. The van der Waals surface area contributed by atoms with Crippen LogP contribution in [0.5, 0.6) is 0 Å². The van der Waals surface area contributed by atoms with Crippen LogP contribution in [-0.4, -0.2) is 42.5 Å². The average Bonchev–Trinajstić information content (AvgIpc) is 2.97. The maximum absolute atomic E-state index is 12.7. The van der Waals surface area contributed by atoms with E-state index in [4.69, 9.17) is 29.6 Å². The molecule has 1 saturated heterocycles. The summed E-state index contributed by atoms with van der Waals surface area (Å²) in [7, 11) is -3.34. The largest absolute Gasteiger partial charge is 0.303 e. The Kier molecular flexibility index (Phi) is 5.99. The van der Waals surface area contributed by atoms with Crippen LogP contribution in [0.1, 0.15) is 12.8 Å². The zero-order chi connectivity index (χ0) is 19.8. The van der Waals surface area contributed by atoms with E-state index in [9.17, 15) is 13.2 Å². The zero-order valence-electron chi connectivity index (χ0n) is 14.5. The molecule has 1 atom stereocenters. The average molecular weight is 446 g/mol. The van der Waals surface area contributed by atoms with Crippen LogP contribution < -0.4 is 4.80 Å². The number of amides is 1. The summed E-state index contributed by atoms with van der Waals surface area (Å²) < 4.78 is 27.3. The summed E-state index contributed by atoms with van der Waals surface area (Å²) in [5.74, 6) is 1.69. The van der Waals surface area contributed by atoms with Gasteiger partial charge in [-0.05, 0) is 25.0 Å². The fraction of sp³-hybridized carbons (Fsp3) is 0.412. The van der Waals surface area contributed by atoms with E-state index in [0.29, 0.717) is 44.4 Å². The topological polar surface area (TPSA) is 71.7 Å². The lowest BCUT2D eigenvalue weighted by Crippen LogP contribution is -2.41. The Labute approximate surface area is 171 Å². The molecule has 1 fully saturated rings. The number of hydrogen-bond acceptors (Lipinski definition) is 4. The minimum atomic E-state index is -3.34. The van der Waals surface area contributed by atoms with Crippen molar-refractivity contribution < 1.29 is 13.2 Å². The van der Waals surface area contributed by atoms with Crippen LogP contribution in [0.3, 0.4) is 0 Å². The van der Waals surface area contributed by atoms with Crippen LogP contribution in [0.4, 0.5) is 0 Å². The Morgan fingerprint density at radius 2 is 2.11 bits per heavy atom. The molecule has 144 valence electrons. The molecule has 10 heteroatoms. The highest BCUT2D eigenvalue weighted by Gasteiger charge is 2.30. The molecule has 3 rings (SSSR count). The first kappa shape index (κ1) is 20.4. The summed E-state index contributed by atoms with van der Waals surface area (Å²) in [5, 5.41) is 0.968. The molecule has 1 aromatic heterocycles. The quantitative estimate of drug-likeness (QED) is 0.681. The molecule has 1 aliphatic rings. The Morgan fingerprint density at radius 3 is 2.78 bits per heavy atom. The van der Waals surface area contributed by atoms with Gasteiger partial charge in [-0.3, -0.25) is 4.79 Å². The number of benzene rings is 1. The lowest BCUT2D eigenvalue weighted by molar-refractivity contribution is -0.122. The van der Waals surface area contributed by atoms with E-state index < -0.39 is 15.9 Å². The third-order valence-corrected chi connectivity index (χ3v) is 7.50. The number of carbonyl (C=O) groups excluding carboxylic acids is 1. The Morgan fingerprint density at radius 1 is 1.41 bits per heavy atom. The van der Waals surface area contributed by atoms with Crippen molar-refractivity contribution in [3.05, 3.63) is 27.0 Å². The molecule has 0 saturated carbocycles. The molecule has 0 radical (unpaired) electrons. The van der Waals surface area contributed by atoms with Crippen molar-refractivity contribution in [1.29, 1.82) is 0 Å². The zero-order valence-corrected chi connectivity index (χ0v) is 17.6. The highest BCUT2D eigenvalue weighted by atomic mass is 35.5. The number of thiazole rings is 1. The van der Waals surface area contributed by atoms with Crippen molar-refractivity contribution in [2.24, 2.45) is 10.9 Å². The van der Waals surface area contributed by atoms with E-state index in [-0.39, 0.29) is 19.0 Å². The second-order valence-corrected chi connectivity index (χ2v) is 10.1. The number of halogens is 2. The maximum Gasteiger partial charge on any atom is 0.252 e. The molecule has 1 aliphatic heterocycles. The monoisotopic (exact) mass is 445 g/mol. The third-order valence-electron chi connectivity index (χ3n) is 4.39. The van der Waals surface area contributed by atoms with Gasteiger partial charge in [0, 0.05) is 13.1 Å². The summed E-state index contributed by atoms with van der Waals surface area (Å²) in [6.07, 6.45) is 7.82. The molecular weight excluding hydrogens is 429 g/mol. The van der Waals surface area contributed by atoms with Crippen molar-refractivity contribution in [1.82, 2.24) is 8.87 Å². The van der Waals surface area contributed by atoms with Gasteiger partial charge in [0.1, 0.15) is 0 Å². The summed E-state index contributed by atoms with van der Waals surface area (Å²) in [5.41, 5.74) is 0.639. The molecular formula is C17H17Cl2N3O3S2. The van der Waals surface area contributed by atoms with E-state index in [1.807, 2.05) is 0 Å². The van der Waals surface area contributed by atoms with E-state index in [1.54, 1.807) is 16.7 Å². The first-order valence-electron chi connectivity index (χ1n) is 8.17. The fourth-order valence-corrected chi connectivity index (χ4v) is 5.63. The van der Waals surface area contributed by atoms with Gasteiger partial charge in [-0.1, -0.05) is 40.5 Å². The van der Waals surface area contributed by atoms with Gasteiger partial charge in [-0.2, -0.15) is 4.99 Å². The predicted octanol–water partition coefficient (Wildman–Crippen LogP) is 2.74. The highest BCUT2D eigenvalue weighted by molar-refractivity contribution is 7.88. The number of aromatic nitrogens is 1. The number of fused-ring (bicyclic) bond motifs is 1. The maximum atomic E-state index is 12.7. The van der Waals surface area contributed by atoms with Gasteiger partial charge in [0.05, 0.1) is 39.0 Å². The summed E-state index contributed by atoms with van der Waals surface area (Å²) >= 11 is 13.8. The van der Waals surface area contributed by atoms with Crippen LogP contribution in [0.15, 0.2) is 17.1 Å². The van der Waals surface area contributed by atoms with Gasteiger partial charge in [0.25, 0.3) is 5.91 Å². The number of nitrogens with zero attached hydrogens (tertiary/aromatic N) is 3. The Hall–Kier alpha value is -1.37. The summed E-state index contributed by atoms with van der Waals surface area (Å²) in [6, 6.07) is 3.35. The van der Waals surface area contributed by atoms with Crippen LogP contribution in [0.2, 0.25) is 10.0 Å². The van der Waals surface area contributed by atoms with Gasteiger partial charge in [0.15, 0.2) is 4.80 Å². The Bertz CT molecular complexity index is 1110. The first-order chi connectivity index (χ1) is 12.7. The SMILES string of the molecule is C#CCn1c(=NC(=O)C2CCCN(S(C)(=O)=O)C2)sc2c(Cl)ccc(Cl)c21. The van der Waals surface area contributed by atoms with Crippen LogP contribution in [0.25, 0.3) is 10.2 Å². The van der Waals surface area contributed by atoms with Crippen molar-refractivity contribution in [2.75, 3.05) is 19.3 Å². The second kappa shape index (κ2) is 7.94. The van der Waals surface area contributed by atoms with E-state index >= 15 is 0 Å². The van der Waals surface area contributed by atoms with Crippen molar-refractivity contribution >= 4 is 60.7 Å². The molecule has 2 aromatic rings. The van der Waals surface area contributed by atoms with Gasteiger partial charge >= 0.3 is 0 Å². The van der Waals surface area contributed by atoms with Gasteiger partial charge < -0.3 is 4.57 Å². The predicted molar refractivity (Wildman–Crippen MR) is 108 cm³/mol. The number of rotatable bonds is 3. The summed E-state index contributed by atoms with van der Waals surface area (Å²) in [4.78, 5) is 17.4. The van der Waals surface area contributed by atoms with E-state index in [0.717, 1.165) is 6.26 Å². The number of carbonyl (C=O) groups is 1. The van der Waals surface area contributed by atoms with Crippen molar-refractivity contribution in [3.63, 3.8) is 0 Å². The number of piperidine rings is 1. The third kappa shape index (κ3) is 4.23. The van der Waals surface area contributed by atoms with Crippen LogP contribution in [0, 0.1) is 18.3 Å². The molecule has 1 unspecified atom stereocenters. The summed E-state index contributed by atoms with van der Waals surface area (Å²) in [6.45, 7) is 0.753. The molecule has 1 amide bonds. The van der Waals surface area contributed by atoms with Crippen molar-refractivity contribution in [3.8, 4) is 12.3 Å².